The molecule has 2 unspecified atom stereocenters. The summed E-state index contributed by atoms with van der Waals surface area (Å²) >= 11 is 0. The largest absolute Gasteiger partial charge is 0.378 e. The Balaban J connectivity index is 2.41. The first-order valence-corrected chi connectivity index (χ1v) is 5.58. The van der Waals surface area contributed by atoms with E-state index in [0.717, 1.165) is 12.8 Å². The molecule has 15 heavy (non-hydrogen) atoms. The van der Waals surface area contributed by atoms with Gasteiger partial charge in [0.1, 0.15) is 0 Å². The van der Waals surface area contributed by atoms with Crippen LogP contribution in [0.3, 0.4) is 0 Å². The molecule has 2 atom stereocenters. The number of nitrogens with one attached hydrogen (secondary N) is 1. The Hall–Kier alpha value is -0.610. The Morgan fingerprint density at radius 1 is 1.60 bits per heavy atom. The van der Waals surface area contributed by atoms with Crippen molar-refractivity contribution in [3.63, 3.8) is 0 Å². The van der Waals surface area contributed by atoms with E-state index in [1.807, 2.05) is 20.8 Å². The minimum absolute atomic E-state index is 0.0112. The van der Waals surface area contributed by atoms with Gasteiger partial charge in [0.25, 0.3) is 0 Å². The Morgan fingerprint density at radius 2 is 2.27 bits per heavy atom. The highest BCUT2D eigenvalue weighted by Gasteiger charge is 2.31. The van der Waals surface area contributed by atoms with Gasteiger partial charge in [-0.2, -0.15) is 0 Å². The number of carbonyl (C=O) groups is 1. The zero-order chi connectivity index (χ0) is 11.5. The second-order valence-corrected chi connectivity index (χ2v) is 4.99. The van der Waals surface area contributed by atoms with Crippen molar-refractivity contribution in [1.82, 2.24) is 5.32 Å². The van der Waals surface area contributed by atoms with Crippen LogP contribution in [0.2, 0.25) is 0 Å². The van der Waals surface area contributed by atoms with Crippen LogP contribution in [0.15, 0.2) is 0 Å². The van der Waals surface area contributed by atoms with Gasteiger partial charge in [-0.1, -0.05) is 0 Å². The summed E-state index contributed by atoms with van der Waals surface area (Å²) in [6, 6.07) is 0. The first-order chi connectivity index (χ1) is 6.94. The summed E-state index contributed by atoms with van der Waals surface area (Å²) in [5.41, 5.74) is 5.28. The minimum Gasteiger partial charge on any atom is -0.378 e. The number of hydrogen-bond donors (Lipinski definition) is 2. The SMILES string of the molecule is CC1CC(C(=O)NC(C)(C)CCN)CO1. The highest BCUT2D eigenvalue weighted by molar-refractivity contribution is 5.79. The van der Waals surface area contributed by atoms with E-state index in [2.05, 4.69) is 5.32 Å². The molecule has 0 saturated carbocycles. The number of ether oxygens (including phenoxy) is 1. The molecule has 1 aliphatic rings. The van der Waals surface area contributed by atoms with E-state index in [-0.39, 0.29) is 23.5 Å². The van der Waals surface area contributed by atoms with Crippen molar-refractivity contribution >= 4 is 5.91 Å². The van der Waals surface area contributed by atoms with Gasteiger partial charge >= 0.3 is 0 Å². The number of carbonyl (C=O) groups excluding carboxylic acids is 1. The second kappa shape index (κ2) is 4.94. The summed E-state index contributed by atoms with van der Waals surface area (Å²) in [7, 11) is 0. The van der Waals surface area contributed by atoms with Crippen LogP contribution < -0.4 is 11.1 Å². The predicted molar refractivity (Wildman–Crippen MR) is 59.4 cm³/mol. The molecule has 88 valence electrons. The normalized spacial score (nSPS) is 26.7. The molecule has 0 aromatic rings. The van der Waals surface area contributed by atoms with Gasteiger partial charge in [0.2, 0.25) is 5.91 Å². The average molecular weight is 214 g/mol. The van der Waals surface area contributed by atoms with E-state index in [1.165, 1.54) is 0 Å². The molecule has 1 amide bonds. The number of hydrogen-bond acceptors (Lipinski definition) is 3. The molecule has 0 bridgehead atoms. The first kappa shape index (κ1) is 12.5. The first-order valence-electron chi connectivity index (χ1n) is 5.58. The minimum atomic E-state index is -0.211. The fourth-order valence-electron chi connectivity index (χ4n) is 1.86. The molecular weight excluding hydrogens is 192 g/mol. The van der Waals surface area contributed by atoms with E-state index < -0.39 is 0 Å². The molecule has 0 aromatic carbocycles. The zero-order valence-corrected chi connectivity index (χ0v) is 9.88. The Kier molecular flexibility index (Phi) is 4.11. The fourth-order valence-corrected chi connectivity index (χ4v) is 1.86. The summed E-state index contributed by atoms with van der Waals surface area (Å²) in [5.74, 6) is 0.106. The smallest absolute Gasteiger partial charge is 0.225 e. The molecule has 0 aromatic heterocycles. The van der Waals surface area contributed by atoms with Gasteiger partial charge in [-0.05, 0) is 40.2 Å². The monoisotopic (exact) mass is 214 g/mol. The van der Waals surface area contributed by atoms with Gasteiger partial charge in [0, 0.05) is 5.54 Å². The van der Waals surface area contributed by atoms with Crippen molar-refractivity contribution in [1.29, 1.82) is 0 Å². The molecule has 1 aliphatic heterocycles. The van der Waals surface area contributed by atoms with Crippen LogP contribution in [0, 0.1) is 5.92 Å². The summed E-state index contributed by atoms with van der Waals surface area (Å²) in [5, 5.41) is 3.02. The van der Waals surface area contributed by atoms with E-state index in [9.17, 15) is 4.79 Å². The van der Waals surface area contributed by atoms with Crippen LogP contribution in [-0.2, 0) is 9.53 Å². The van der Waals surface area contributed by atoms with E-state index in [0.29, 0.717) is 13.2 Å². The molecule has 1 heterocycles. The van der Waals surface area contributed by atoms with Gasteiger partial charge in [-0.25, -0.2) is 0 Å². The Bertz CT molecular complexity index is 229. The Labute approximate surface area is 91.5 Å². The summed E-state index contributed by atoms with van der Waals surface area (Å²) in [4.78, 5) is 11.8. The molecule has 0 aliphatic carbocycles. The van der Waals surface area contributed by atoms with Crippen LogP contribution in [-0.4, -0.2) is 30.7 Å². The van der Waals surface area contributed by atoms with Crippen LogP contribution >= 0.6 is 0 Å². The zero-order valence-electron chi connectivity index (χ0n) is 9.88. The molecule has 3 N–H and O–H groups in total. The molecule has 0 spiro atoms. The van der Waals surface area contributed by atoms with Gasteiger partial charge < -0.3 is 15.8 Å². The molecule has 0 radical (unpaired) electrons. The van der Waals surface area contributed by atoms with Crippen molar-refractivity contribution in [2.24, 2.45) is 11.7 Å². The number of rotatable bonds is 4. The summed E-state index contributed by atoms with van der Waals surface area (Å²) in [6.07, 6.45) is 1.82. The van der Waals surface area contributed by atoms with Crippen LogP contribution in [0.25, 0.3) is 0 Å². The lowest BCUT2D eigenvalue weighted by Gasteiger charge is -2.27. The number of nitrogens with two attached hydrogens (primary N) is 1. The third-order valence-corrected chi connectivity index (χ3v) is 2.80. The van der Waals surface area contributed by atoms with Crippen molar-refractivity contribution in [3.05, 3.63) is 0 Å². The second-order valence-electron chi connectivity index (χ2n) is 4.99. The maximum atomic E-state index is 11.8. The van der Waals surface area contributed by atoms with Crippen molar-refractivity contribution < 1.29 is 9.53 Å². The third-order valence-electron chi connectivity index (χ3n) is 2.80. The maximum Gasteiger partial charge on any atom is 0.225 e. The van der Waals surface area contributed by atoms with Gasteiger partial charge in [-0.15, -0.1) is 0 Å². The third kappa shape index (κ3) is 3.80. The van der Waals surface area contributed by atoms with Crippen LogP contribution in [0.1, 0.15) is 33.6 Å². The average Bonchev–Trinajstić information content (AvgIpc) is 2.50. The molecule has 1 saturated heterocycles. The fraction of sp³-hybridized carbons (Fsp3) is 0.909. The van der Waals surface area contributed by atoms with Crippen LogP contribution in [0.5, 0.6) is 0 Å². The Morgan fingerprint density at radius 3 is 2.73 bits per heavy atom. The molecule has 4 nitrogen and oxygen atoms in total. The standard InChI is InChI=1S/C11H22N2O2/c1-8-6-9(7-15-8)10(14)13-11(2,3)4-5-12/h8-9H,4-7,12H2,1-3H3,(H,13,14). The topological polar surface area (TPSA) is 64.4 Å². The van der Waals surface area contributed by atoms with E-state index in [1.54, 1.807) is 0 Å². The summed E-state index contributed by atoms with van der Waals surface area (Å²) in [6.45, 7) is 7.13. The van der Waals surface area contributed by atoms with E-state index in [4.69, 9.17) is 10.5 Å². The maximum absolute atomic E-state index is 11.8. The van der Waals surface area contributed by atoms with Crippen molar-refractivity contribution in [2.75, 3.05) is 13.2 Å². The van der Waals surface area contributed by atoms with Gasteiger partial charge in [0.15, 0.2) is 0 Å². The molecule has 4 heteroatoms. The highest BCUT2D eigenvalue weighted by atomic mass is 16.5. The van der Waals surface area contributed by atoms with E-state index >= 15 is 0 Å². The molecular formula is C11H22N2O2. The molecule has 1 fully saturated rings. The van der Waals surface area contributed by atoms with Crippen molar-refractivity contribution in [3.8, 4) is 0 Å². The molecule has 1 rings (SSSR count). The quantitative estimate of drug-likeness (QED) is 0.722. The summed E-state index contributed by atoms with van der Waals surface area (Å²) < 4.78 is 5.38. The van der Waals surface area contributed by atoms with Gasteiger partial charge in [-0.3, -0.25) is 4.79 Å². The lowest BCUT2D eigenvalue weighted by Crippen LogP contribution is -2.47. The highest BCUT2D eigenvalue weighted by Crippen LogP contribution is 2.20. The number of amides is 1. The van der Waals surface area contributed by atoms with Crippen molar-refractivity contribution in [2.45, 2.75) is 45.3 Å². The lowest BCUT2D eigenvalue weighted by molar-refractivity contribution is -0.126. The van der Waals surface area contributed by atoms with Crippen LogP contribution in [0.4, 0.5) is 0 Å². The van der Waals surface area contributed by atoms with Gasteiger partial charge in [0.05, 0.1) is 18.6 Å². The lowest BCUT2D eigenvalue weighted by atomic mass is 9.98. The predicted octanol–water partition coefficient (Wildman–Crippen LogP) is 0.655.